The standard InChI is InChI=1S/C15H19NO3/c1-9-3-2-4-11(13(9)17)15(18)16-12-7-8-19-14(12)10-5-6-10/h2-4,10,12,14,17H,5-8H2,1H3,(H,16,18). The van der Waals surface area contributed by atoms with Gasteiger partial charge in [-0.2, -0.15) is 0 Å². The molecule has 1 heterocycles. The molecule has 0 radical (unpaired) electrons. The predicted octanol–water partition coefficient (Wildman–Crippen LogP) is 2.00. The third-order valence-corrected chi connectivity index (χ3v) is 4.02. The number of phenolic OH excluding ortho intramolecular Hbond substituents is 1. The lowest BCUT2D eigenvalue weighted by atomic mass is 10.0. The van der Waals surface area contributed by atoms with E-state index in [1.807, 2.05) is 0 Å². The van der Waals surface area contributed by atoms with Crippen LogP contribution in [0.5, 0.6) is 5.75 Å². The number of aryl methyl sites for hydroxylation is 1. The van der Waals surface area contributed by atoms with Crippen LogP contribution in [-0.4, -0.2) is 29.8 Å². The summed E-state index contributed by atoms with van der Waals surface area (Å²) < 4.78 is 5.70. The van der Waals surface area contributed by atoms with Crippen molar-refractivity contribution in [1.29, 1.82) is 0 Å². The van der Waals surface area contributed by atoms with Gasteiger partial charge in [0.2, 0.25) is 0 Å². The zero-order valence-electron chi connectivity index (χ0n) is 11.1. The Balaban J connectivity index is 1.72. The van der Waals surface area contributed by atoms with Crippen LogP contribution in [0.1, 0.15) is 35.2 Å². The Kier molecular flexibility index (Phi) is 3.19. The first-order valence-electron chi connectivity index (χ1n) is 6.88. The summed E-state index contributed by atoms with van der Waals surface area (Å²) in [5.41, 5.74) is 1.07. The molecule has 1 saturated heterocycles. The van der Waals surface area contributed by atoms with E-state index in [2.05, 4.69) is 5.32 Å². The predicted molar refractivity (Wildman–Crippen MR) is 71.2 cm³/mol. The van der Waals surface area contributed by atoms with Crippen LogP contribution in [0.4, 0.5) is 0 Å². The molecule has 102 valence electrons. The maximum Gasteiger partial charge on any atom is 0.255 e. The van der Waals surface area contributed by atoms with E-state index in [0.717, 1.165) is 6.42 Å². The van der Waals surface area contributed by atoms with Crippen LogP contribution in [0, 0.1) is 12.8 Å². The first kappa shape index (κ1) is 12.5. The Morgan fingerprint density at radius 3 is 2.89 bits per heavy atom. The molecule has 1 aliphatic carbocycles. The van der Waals surface area contributed by atoms with E-state index in [1.54, 1.807) is 25.1 Å². The number of nitrogens with one attached hydrogen (secondary N) is 1. The largest absolute Gasteiger partial charge is 0.507 e. The van der Waals surface area contributed by atoms with Gasteiger partial charge in [0.15, 0.2) is 0 Å². The number of phenols is 1. The number of aromatic hydroxyl groups is 1. The molecule has 0 spiro atoms. The molecule has 1 aliphatic heterocycles. The van der Waals surface area contributed by atoms with E-state index in [0.29, 0.717) is 23.7 Å². The summed E-state index contributed by atoms with van der Waals surface area (Å²) in [6, 6.07) is 5.31. The molecule has 2 fully saturated rings. The Hall–Kier alpha value is -1.55. The molecule has 1 aromatic rings. The Morgan fingerprint density at radius 1 is 1.37 bits per heavy atom. The number of ether oxygens (including phenoxy) is 1. The van der Waals surface area contributed by atoms with Gasteiger partial charge in [0.25, 0.3) is 5.91 Å². The zero-order chi connectivity index (χ0) is 13.4. The molecule has 2 N–H and O–H groups in total. The van der Waals surface area contributed by atoms with Crippen molar-refractivity contribution < 1.29 is 14.6 Å². The van der Waals surface area contributed by atoms with Crippen molar-refractivity contribution in [3.05, 3.63) is 29.3 Å². The Morgan fingerprint density at radius 2 is 2.16 bits per heavy atom. The summed E-state index contributed by atoms with van der Waals surface area (Å²) >= 11 is 0. The van der Waals surface area contributed by atoms with Gasteiger partial charge in [-0.25, -0.2) is 0 Å². The summed E-state index contributed by atoms with van der Waals surface area (Å²) in [6.07, 6.45) is 3.43. The van der Waals surface area contributed by atoms with Gasteiger partial charge in [0.05, 0.1) is 17.7 Å². The minimum Gasteiger partial charge on any atom is -0.507 e. The molecule has 19 heavy (non-hydrogen) atoms. The van der Waals surface area contributed by atoms with Gasteiger partial charge in [0, 0.05) is 6.61 Å². The van der Waals surface area contributed by atoms with Gasteiger partial charge in [-0.05, 0) is 43.7 Å². The summed E-state index contributed by atoms with van der Waals surface area (Å²) in [7, 11) is 0. The molecule has 2 atom stereocenters. The molecule has 1 aromatic carbocycles. The third-order valence-electron chi connectivity index (χ3n) is 4.02. The van der Waals surface area contributed by atoms with Crippen molar-refractivity contribution in [3.63, 3.8) is 0 Å². The number of hydrogen-bond donors (Lipinski definition) is 2. The minimum atomic E-state index is -0.206. The molecule has 2 unspecified atom stereocenters. The number of benzene rings is 1. The highest BCUT2D eigenvalue weighted by molar-refractivity contribution is 5.97. The fraction of sp³-hybridized carbons (Fsp3) is 0.533. The van der Waals surface area contributed by atoms with Gasteiger partial charge >= 0.3 is 0 Å². The van der Waals surface area contributed by atoms with Crippen molar-refractivity contribution in [2.75, 3.05) is 6.61 Å². The van der Waals surface area contributed by atoms with Crippen LogP contribution in [0.3, 0.4) is 0 Å². The van der Waals surface area contributed by atoms with Crippen LogP contribution < -0.4 is 5.32 Å². The molecule has 2 aliphatic rings. The normalized spacial score (nSPS) is 26.4. The van der Waals surface area contributed by atoms with Crippen LogP contribution in [0.15, 0.2) is 18.2 Å². The van der Waals surface area contributed by atoms with Crippen LogP contribution in [-0.2, 0) is 4.74 Å². The highest BCUT2D eigenvalue weighted by atomic mass is 16.5. The zero-order valence-corrected chi connectivity index (χ0v) is 11.1. The van der Waals surface area contributed by atoms with Crippen LogP contribution >= 0.6 is 0 Å². The summed E-state index contributed by atoms with van der Waals surface area (Å²) in [5, 5.41) is 12.9. The van der Waals surface area contributed by atoms with E-state index >= 15 is 0 Å². The average molecular weight is 261 g/mol. The Labute approximate surface area is 112 Å². The SMILES string of the molecule is Cc1cccc(C(=O)NC2CCOC2C2CC2)c1O. The van der Waals surface area contributed by atoms with E-state index in [9.17, 15) is 9.90 Å². The second-order valence-corrected chi connectivity index (χ2v) is 5.51. The number of rotatable bonds is 3. The number of hydrogen-bond acceptors (Lipinski definition) is 3. The molecule has 3 rings (SSSR count). The van der Waals surface area contributed by atoms with Gasteiger partial charge in [0.1, 0.15) is 5.75 Å². The molecule has 1 amide bonds. The second kappa shape index (κ2) is 4.85. The van der Waals surface area contributed by atoms with Crippen molar-refractivity contribution in [2.45, 2.75) is 38.3 Å². The number of para-hydroxylation sites is 1. The highest BCUT2D eigenvalue weighted by Gasteiger charge is 2.41. The molecule has 4 nitrogen and oxygen atoms in total. The van der Waals surface area contributed by atoms with Crippen molar-refractivity contribution in [1.82, 2.24) is 5.32 Å². The number of amides is 1. The van der Waals surface area contributed by atoms with Gasteiger partial charge in [-0.1, -0.05) is 12.1 Å². The van der Waals surface area contributed by atoms with Crippen LogP contribution in [0.25, 0.3) is 0 Å². The van der Waals surface area contributed by atoms with E-state index < -0.39 is 0 Å². The maximum atomic E-state index is 12.2. The van der Waals surface area contributed by atoms with Gasteiger partial charge in [-0.15, -0.1) is 0 Å². The van der Waals surface area contributed by atoms with Crippen molar-refractivity contribution in [3.8, 4) is 5.75 Å². The monoisotopic (exact) mass is 261 g/mol. The third kappa shape index (κ3) is 2.45. The Bertz CT molecular complexity index is 496. The van der Waals surface area contributed by atoms with Crippen molar-refractivity contribution in [2.24, 2.45) is 5.92 Å². The van der Waals surface area contributed by atoms with Crippen molar-refractivity contribution >= 4 is 5.91 Å². The lowest BCUT2D eigenvalue weighted by Crippen LogP contribution is -2.41. The molecule has 1 saturated carbocycles. The maximum absolute atomic E-state index is 12.2. The van der Waals surface area contributed by atoms with Crippen LogP contribution in [0.2, 0.25) is 0 Å². The first-order valence-corrected chi connectivity index (χ1v) is 6.88. The minimum absolute atomic E-state index is 0.0712. The second-order valence-electron chi connectivity index (χ2n) is 5.51. The first-order chi connectivity index (χ1) is 9.16. The summed E-state index contributed by atoms with van der Waals surface area (Å²) in [5.74, 6) is 0.475. The summed E-state index contributed by atoms with van der Waals surface area (Å²) in [6.45, 7) is 2.50. The lowest BCUT2D eigenvalue weighted by Gasteiger charge is -2.19. The quantitative estimate of drug-likeness (QED) is 0.875. The molecular formula is C15H19NO3. The van der Waals surface area contributed by atoms with E-state index in [1.165, 1.54) is 12.8 Å². The topological polar surface area (TPSA) is 58.6 Å². The number of carbonyl (C=O) groups is 1. The number of carbonyl (C=O) groups excluding carboxylic acids is 1. The average Bonchev–Trinajstić information content (AvgIpc) is 3.13. The molecule has 4 heteroatoms. The highest BCUT2D eigenvalue weighted by Crippen LogP contribution is 2.38. The fourth-order valence-corrected chi connectivity index (χ4v) is 2.74. The van der Waals surface area contributed by atoms with Gasteiger partial charge < -0.3 is 15.2 Å². The van der Waals surface area contributed by atoms with Gasteiger partial charge in [-0.3, -0.25) is 4.79 Å². The lowest BCUT2D eigenvalue weighted by molar-refractivity contribution is 0.0728. The molecular weight excluding hydrogens is 242 g/mol. The smallest absolute Gasteiger partial charge is 0.255 e. The van der Waals surface area contributed by atoms with E-state index in [4.69, 9.17) is 4.74 Å². The molecule has 0 bridgehead atoms. The fourth-order valence-electron chi connectivity index (χ4n) is 2.74. The van der Waals surface area contributed by atoms with E-state index in [-0.39, 0.29) is 23.8 Å². The summed E-state index contributed by atoms with van der Waals surface area (Å²) in [4.78, 5) is 12.2. The molecule has 0 aromatic heterocycles.